The SMILES string of the molecule is CCCCCCC(C)(C)c1cc(O)c2c(c1)OC(C)(C)C1CC=C(CBr)CC21. The fraction of sp³-hybridized carbons (Fsp3) is 0.680. The van der Waals surface area contributed by atoms with Crippen molar-refractivity contribution >= 4 is 15.9 Å². The van der Waals surface area contributed by atoms with Crippen molar-refractivity contribution in [1.29, 1.82) is 0 Å². The number of alkyl halides is 1. The summed E-state index contributed by atoms with van der Waals surface area (Å²) in [6.07, 6.45) is 10.6. The summed E-state index contributed by atoms with van der Waals surface area (Å²) in [5.74, 6) is 2.06. The van der Waals surface area contributed by atoms with E-state index in [1.807, 2.05) is 6.07 Å². The molecule has 0 aromatic heterocycles. The predicted molar refractivity (Wildman–Crippen MR) is 122 cm³/mol. The molecule has 1 aliphatic carbocycles. The van der Waals surface area contributed by atoms with Crippen LogP contribution < -0.4 is 4.74 Å². The molecular formula is C25H37BrO2. The van der Waals surface area contributed by atoms with Gasteiger partial charge in [-0.2, -0.15) is 0 Å². The fourth-order valence-corrected chi connectivity index (χ4v) is 5.56. The van der Waals surface area contributed by atoms with Crippen LogP contribution in [-0.4, -0.2) is 16.0 Å². The standard InChI is InChI=1S/C25H37BrO2/c1-6-7-8-9-12-24(2,3)18-14-21(27)23-19-13-17(16-26)10-11-20(19)25(4,5)28-22(23)15-18/h10,14-15,19-20,27H,6-9,11-13,16H2,1-5H3. The van der Waals surface area contributed by atoms with Gasteiger partial charge in [-0.3, -0.25) is 0 Å². The molecule has 28 heavy (non-hydrogen) atoms. The number of hydrogen-bond donors (Lipinski definition) is 1. The van der Waals surface area contributed by atoms with Crippen LogP contribution in [0.15, 0.2) is 23.8 Å². The third-order valence-corrected chi connectivity index (χ3v) is 7.71. The summed E-state index contributed by atoms with van der Waals surface area (Å²) in [5, 5.41) is 12.0. The average Bonchev–Trinajstić information content (AvgIpc) is 2.63. The number of fused-ring (bicyclic) bond motifs is 3. The van der Waals surface area contributed by atoms with Gasteiger partial charge < -0.3 is 9.84 Å². The van der Waals surface area contributed by atoms with Gasteiger partial charge in [-0.25, -0.2) is 0 Å². The lowest BCUT2D eigenvalue weighted by molar-refractivity contribution is 0.00746. The van der Waals surface area contributed by atoms with Crippen LogP contribution in [0.2, 0.25) is 0 Å². The van der Waals surface area contributed by atoms with Gasteiger partial charge >= 0.3 is 0 Å². The Morgan fingerprint density at radius 2 is 1.96 bits per heavy atom. The van der Waals surface area contributed by atoms with Crippen LogP contribution in [0.1, 0.15) is 96.6 Å². The van der Waals surface area contributed by atoms with Gasteiger partial charge in [0.15, 0.2) is 0 Å². The van der Waals surface area contributed by atoms with Crippen molar-refractivity contribution in [2.24, 2.45) is 5.92 Å². The number of ether oxygens (including phenoxy) is 1. The van der Waals surface area contributed by atoms with Gasteiger partial charge in [-0.15, -0.1) is 0 Å². The first-order valence-corrected chi connectivity index (χ1v) is 12.1. The minimum absolute atomic E-state index is 0.0398. The van der Waals surface area contributed by atoms with Crippen LogP contribution >= 0.6 is 15.9 Å². The lowest BCUT2D eigenvalue weighted by Gasteiger charge is -2.47. The zero-order chi connectivity index (χ0) is 20.5. The van der Waals surface area contributed by atoms with Crippen molar-refractivity contribution in [1.82, 2.24) is 0 Å². The Kier molecular flexibility index (Phi) is 6.54. The predicted octanol–water partition coefficient (Wildman–Crippen LogP) is 7.63. The fourth-order valence-electron chi connectivity index (χ4n) is 5.10. The highest BCUT2D eigenvalue weighted by molar-refractivity contribution is 9.09. The molecule has 0 radical (unpaired) electrons. The highest BCUT2D eigenvalue weighted by atomic mass is 79.9. The van der Waals surface area contributed by atoms with E-state index in [9.17, 15) is 5.11 Å². The van der Waals surface area contributed by atoms with E-state index >= 15 is 0 Å². The second-order valence-electron chi connectivity index (χ2n) is 9.96. The Hall–Kier alpha value is -0.960. The number of rotatable bonds is 7. The van der Waals surface area contributed by atoms with Crippen LogP contribution in [0.25, 0.3) is 0 Å². The van der Waals surface area contributed by atoms with Gasteiger partial charge in [0, 0.05) is 22.7 Å². The van der Waals surface area contributed by atoms with E-state index in [2.05, 4.69) is 62.7 Å². The normalized spacial score (nSPS) is 23.4. The first kappa shape index (κ1) is 21.7. The molecule has 0 fully saturated rings. The number of halogens is 1. The molecule has 0 spiro atoms. The molecule has 1 heterocycles. The van der Waals surface area contributed by atoms with E-state index in [0.29, 0.717) is 17.6 Å². The topological polar surface area (TPSA) is 29.5 Å². The molecule has 2 aliphatic rings. The first-order chi connectivity index (χ1) is 13.2. The summed E-state index contributed by atoms with van der Waals surface area (Å²) in [6.45, 7) is 11.3. The molecule has 0 saturated heterocycles. The lowest BCUT2D eigenvalue weighted by Crippen LogP contribution is -2.45. The highest BCUT2D eigenvalue weighted by Crippen LogP contribution is 2.55. The Labute approximate surface area is 179 Å². The smallest absolute Gasteiger partial charge is 0.127 e. The molecule has 156 valence electrons. The molecule has 1 aliphatic heterocycles. The summed E-state index contributed by atoms with van der Waals surface area (Å²) in [6, 6.07) is 4.24. The second kappa shape index (κ2) is 8.42. The van der Waals surface area contributed by atoms with E-state index in [1.54, 1.807) is 0 Å². The number of phenols is 1. The molecule has 1 N–H and O–H groups in total. The Morgan fingerprint density at radius 3 is 2.64 bits per heavy atom. The maximum atomic E-state index is 11.1. The molecule has 0 saturated carbocycles. The largest absolute Gasteiger partial charge is 0.508 e. The van der Waals surface area contributed by atoms with E-state index in [1.165, 1.54) is 36.8 Å². The summed E-state index contributed by atoms with van der Waals surface area (Å²) >= 11 is 3.63. The number of allylic oxidation sites excluding steroid dienone is 2. The zero-order valence-corrected chi connectivity index (χ0v) is 19.9. The van der Waals surface area contributed by atoms with Crippen LogP contribution in [0, 0.1) is 5.92 Å². The third-order valence-electron chi connectivity index (χ3n) is 6.99. The molecule has 1 aromatic rings. The van der Waals surface area contributed by atoms with Crippen molar-refractivity contribution in [3.63, 3.8) is 0 Å². The third kappa shape index (κ3) is 4.30. The maximum absolute atomic E-state index is 11.1. The van der Waals surface area contributed by atoms with Crippen molar-refractivity contribution in [3.05, 3.63) is 34.9 Å². The molecule has 3 heteroatoms. The second-order valence-corrected chi connectivity index (χ2v) is 10.5. The van der Waals surface area contributed by atoms with E-state index < -0.39 is 0 Å². The van der Waals surface area contributed by atoms with E-state index in [0.717, 1.165) is 35.9 Å². The Bertz CT molecular complexity index is 732. The number of aromatic hydroxyl groups is 1. The van der Waals surface area contributed by atoms with E-state index in [4.69, 9.17) is 4.74 Å². The average molecular weight is 449 g/mol. The van der Waals surface area contributed by atoms with Gasteiger partial charge in [0.1, 0.15) is 17.1 Å². The van der Waals surface area contributed by atoms with Gasteiger partial charge in [0.05, 0.1) is 0 Å². The number of unbranched alkanes of at least 4 members (excludes halogenated alkanes) is 3. The Balaban J connectivity index is 1.93. The quantitative estimate of drug-likeness (QED) is 0.263. The molecule has 2 atom stereocenters. The van der Waals surface area contributed by atoms with Crippen molar-refractivity contribution in [2.75, 3.05) is 5.33 Å². The van der Waals surface area contributed by atoms with Gasteiger partial charge in [-0.1, -0.05) is 74.0 Å². The summed E-state index contributed by atoms with van der Waals surface area (Å²) in [5.41, 5.74) is 3.48. The number of hydrogen-bond acceptors (Lipinski definition) is 2. The molecule has 0 amide bonds. The molecule has 2 unspecified atom stereocenters. The number of benzene rings is 1. The van der Waals surface area contributed by atoms with Crippen LogP contribution in [0.3, 0.4) is 0 Å². The summed E-state index contributed by atoms with van der Waals surface area (Å²) in [4.78, 5) is 0. The van der Waals surface area contributed by atoms with Crippen LogP contribution in [0.5, 0.6) is 11.5 Å². The number of phenolic OH excluding ortho intramolecular Hbond substituents is 1. The molecule has 3 rings (SSSR count). The minimum atomic E-state index is -0.220. The van der Waals surface area contributed by atoms with Gasteiger partial charge in [0.2, 0.25) is 0 Å². The van der Waals surface area contributed by atoms with E-state index in [-0.39, 0.29) is 11.0 Å². The molecule has 1 aromatic carbocycles. The maximum Gasteiger partial charge on any atom is 0.127 e. The Morgan fingerprint density at radius 1 is 1.21 bits per heavy atom. The molecule has 2 nitrogen and oxygen atoms in total. The van der Waals surface area contributed by atoms with Gasteiger partial charge in [-0.05, 0) is 56.2 Å². The monoisotopic (exact) mass is 448 g/mol. The summed E-state index contributed by atoms with van der Waals surface area (Å²) in [7, 11) is 0. The highest BCUT2D eigenvalue weighted by Gasteiger charge is 2.46. The van der Waals surface area contributed by atoms with Crippen molar-refractivity contribution in [2.45, 2.75) is 96.5 Å². The first-order valence-electron chi connectivity index (χ1n) is 11.0. The zero-order valence-electron chi connectivity index (χ0n) is 18.3. The van der Waals surface area contributed by atoms with Gasteiger partial charge in [0.25, 0.3) is 0 Å². The van der Waals surface area contributed by atoms with Crippen LogP contribution in [-0.2, 0) is 5.41 Å². The lowest BCUT2D eigenvalue weighted by atomic mass is 9.66. The molecule has 0 bridgehead atoms. The van der Waals surface area contributed by atoms with Crippen LogP contribution in [0.4, 0.5) is 0 Å². The van der Waals surface area contributed by atoms with Crippen molar-refractivity contribution in [3.8, 4) is 11.5 Å². The minimum Gasteiger partial charge on any atom is -0.508 e. The summed E-state index contributed by atoms with van der Waals surface area (Å²) < 4.78 is 6.52. The molecular weight excluding hydrogens is 412 g/mol. The van der Waals surface area contributed by atoms with Crippen molar-refractivity contribution < 1.29 is 9.84 Å².